The molecule has 1 aromatic rings. The van der Waals surface area contributed by atoms with Crippen molar-refractivity contribution < 1.29 is 34.0 Å². The third-order valence-electron chi connectivity index (χ3n) is 10.6. The monoisotopic (exact) mass is 649 g/mol. The van der Waals surface area contributed by atoms with Crippen LogP contribution in [-0.2, 0) is 30.3 Å². The number of rotatable bonds is 7. The Hall–Kier alpha value is -1.61. The average Bonchev–Trinajstić information content (AvgIpc) is 2.98. The lowest BCUT2D eigenvalue weighted by Gasteiger charge is -2.47. The van der Waals surface area contributed by atoms with Crippen LogP contribution in [0.1, 0.15) is 60.1 Å². The summed E-state index contributed by atoms with van der Waals surface area (Å²) in [6.45, 7) is 14.9. The lowest BCUT2D eigenvalue weighted by molar-refractivity contribution is -0.296. The van der Waals surface area contributed by atoms with Crippen LogP contribution in [0.5, 0.6) is 0 Å². The molecule has 10 atom stereocenters. The van der Waals surface area contributed by atoms with Crippen molar-refractivity contribution in [1.29, 1.82) is 0 Å². The smallest absolute Gasteiger partial charge is 0.185 e. The third kappa shape index (κ3) is 8.33. The van der Waals surface area contributed by atoms with E-state index in [1.807, 2.05) is 39.8 Å². The Morgan fingerprint density at radius 3 is 2.41 bits per heavy atom. The molecule has 3 aliphatic heterocycles. The van der Waals surface area contributed by atoms with Crippen molar-refractivity contribution >= 4 is 5.78 Å². The number of aromatic nitrogens is 2. The zero-order chi connectivity index (χ0) is 34.0. The highest BCUT2D eigenvalue weighted by Crippen LogP contribution is 2.39. The van der Waals surface area contributed by atoms with Crippen molar-refractivity contribution in [2.45, 2.75) is 110 Å². The van der Waals surface area contributed by atoms with Gasteiger partial charge in [-0.2, -0.15) is 0 Å². The Balaban J connectivity index is 1.58. The molecule has 3 fully saturated rings. The van der Waals surface area contributed by atoms with Gasteiger partial charge in [-0.15, -0.1) is 0 Å². The number of hydrogen-bond donors (Lipinski definition) is 2. The van der Waals surface area contributed by atoms with Gasteiger partial charge in [-0.25, -0.2) is 0 Å². The molecule has 0 aromatic carbocycles. The van der Waals surface area contributed by atoms with Gasteiger partial charge in [0.2, 0.25) is 0 Å². The number of likely N-dealkylation sites (N-methyl/N-ethyl adjacent to an activating group) is 2. The van der Waals surface area contributed by atoms with E-state index in [0.29, 0.717) is 25.4 Å². The van der Waals surface area contributed by atoms with Gasteiger partial charge in [-0.3, -0.25) is 19.7 Å². The molecular formula is C34H59N5O7. The normalized spacial score (nSPS) is 39.3. The maximum atomic E-state index is 14.3. The lowest BCUT2D eigenvalue weighted by atomic mass is 9.74. The van der Waals surface area contributed by atoms with Gasteiger partial charge in [0, 0.05) is 75.8 Å². The molecule has 3 aliphatic rings. The zero-order valence-electron chi connectivity index (χ0n) is 29.6. The Bertz CT molecular complexity index is 1120. The third-order valence-corrected chi connectivity index (χ3v) is 10.6. The number of ether oxygens (including phenoxy) is 4. The molecule has 0 amide bonds. The number of ketones is 1. The molecule has 4 heterocycles. The number of aliphatic hydroxyl groups is 2. The van der Waals surface area contributed by atoms with Crippen LogP contribution in [0.2, 0.25) is 0 Å². The predicted molar refractivity (Wildman–Crippen MR) is 174 cm³/mol. The van der Waals surface area contributed by atoms with Gasteiger partial charge in [0.25, 0.3) is 0 Å². The van der Waals surface area contributed by atoms with Crippen LogP contribution in [0.4, 0.5) is 0 Å². The van der Waals surface area contributed by atoms with Crippen LogP contribution >= 0.6 is 0 Å². The zero-order valence-corrected chi connectivity index (χ0v) is 29.6. The van der Waals surface area contributed by atoms with Crippen LogP contribution < -0.4 is 0 Å². The van der Waals surface area contributed by atoms with Gasteiger partial charge in [0.1, 0.15) is 11.9 Å². The molecule has 0 bridgehead atoms. The second-order valence-corrected chi connectivity index (χ2v) is 15.2. The van der Waals surface area contributed by atoms with Gasteiger partial charge in [0.15, 0.2) is 12.6 Å². The summed E-state index contributed by atoms with van der Waals surface area (Å²) in [4.78, 5) is 29.5. The molecule has 0 saturated carbocycles. The van der Waals surface area contributed by atoms with Crippen molar-refractivity contribution in [1.82, 2.24) is 24.7 Å². The highest BCUT2D eigenvalue weighted by atomic mass is 16.7. The van der Waals surface area contributed by atoms with Gasteiger partial charge in [-0.1, -0.05) is 13.8 Å². The van der Waals surface area contributed by atoms with E-state index in [4.69, 9.17) is 18.9 Å². The molecule has 1 unspecified atom stereocenters. The van der Waals surface area contributed by atoms with E-state index in [0.717, 1.165) is 31.9 Å². The first-order valence-corrected chi connectivity index (χ1v) is 16.8. The summed E-state index contributed by atoms with van der Waals surface area (Å²) in [5.74, 6) is -0.422. The Kier molecular flexibility index (Phi) is 12.4. The number of carbonyl (C=O) groups excluding carboxylic acids is 1. The number of carbonyl (C=O) groups is 1. The second kappa shape index (κ2) is 15.3. The lowest BCUT2D eigenvalue weighted by Crippen LogP contribution is -2.59. The van der Waals surface area contributed by atoms with E-state index >= 15 is 0 Å². The molecule has 0 radical (unpaired) electrons. The SMILES string of the molecule is CO[C@]1(C)C[C@@H](C)CN(C)[C@H](C2CN(Cc3cnccn3)C2)COC(O)C(C)(C)C(=O)[C@H](C)[C@H]1O[C@@H]1O[C@H](C)C[C@H](N(C)C)[C@H]1O. The van der Waals surface area contributed by atoms with Gasteiger partial charge in [-0.05, 0) is 67.6 Å². The van der Waals surface area contributed by atoms with Crippen LogP contribution in [0.15, 0.2) is 18.6 Å². The molecule has 12 nitrogen and oxygen atoms in total. The second-order valence-electron chi connectivity index (χ2n) is 15.2. The fourth-order valence-electron chi connectivity index (χ4n) is 7.78. The van der Waals surface area contributed by atoms with Crippen molar-refractivity contribution in [3.63, 3.8) is 0 Å². The summed E-state index contributed by atoms with van der Waals surface area (Å²) in [7, 11) is 7.62. The molecule has 1 aromatic heterocycles. The summed E-state index contributed by atoms with van der Waals surface area (Å²) >= 11 is 0. The summed E-state index contributed by atoms with van der Waals surface area (Å²) in [5.41, 5.74) is -1.20. The Morgan fingerprint density at radius 1 is 1.11 bits per heavy atom. The van der Waals surface area contributed by atoms with Crippen LogP contribution in [0.25, 0.3) is 0 Å². The highest BCUT2D eigenvalue weighted by Gasteiger charge is 2.51. The quantitative estimate of drug-likeness (QED) is 0.448. The summed E-state index contributed by atoms with van der Waals surface area (Å²) < 4.78 is 25.2. The van der Waals surface area contributed by atoms with Crippen LogP contribution in [-0.4, -0.2) is 144 Å². The Labute approximate surface area is 275 Å². The molecule has 4 rings (SSSR count). The molecule has 0 aliphatic carbocycles. The molecule has 46 heavy (non-hydrogen) atoms. The minimum atomic E-state index is -1.32. The van der Waals surface area contributed by atoms with E-state index in [1.54, 1.807) is 39.5 Å². The first kappa shape index (κ1) is 37.2. The molecule has 2 N–H and O–H groups in total. The average molecular weight is 650 g/mol. The molecule has 3 saturated heterocycles. The topological polar surface area (TPSA) is 130 Å². The van der Waals surface area contributed by atoms with E-state index in [1.165, 1.54) is 0 Å². The van der Waals surface area contributed by atoms with Crippen LogP contribution in [0, 0.1) is 23.2 Å². The number of aliphatic hydroxyl groups excluding tert-OH is 2. The first-order chi connectivity index (χ1) is 21.6. The van der Waals surface area contributed by atoms with Gasteiger partial charge >= 0.3 is 0 Å². The number of likely N-dealkylation sites (tertiary alicyclic amines) is 1. The van der Waals surface area contributed by atoms with Crippen molar-refractivity contribution in [3.05, 3.63) is 24.3 Å². The van der Waals surface area contributed by atoms with Crippen molar-refractivity contribution in [2.24, 2.45) is 23.2 Å². The summed E-state index contributed by atoms with van der Waals surface area (Å²) in [6.07, 6.45) is 2.36. The van der Waals surface area contributed by atoms with Crippen molar-refractivity contribution in [2.75, 3.05) is 54.5 Å². The van der Waals surface area contributed by atoms with E-state index in [-0.39, 0.29) is 29.9 Å². The maximum Gasteiger partial charge on any atom is 0.185 e. The molecule has 12 heteroatoms. The number of Topliss-reactive ketones (excluding diaryl/α,β-unsaturated/α-hetero) is 1. The fourth-order valence-corrected chi connectivity index (χ4v) is 7.78. The fraction of sp³-hybridized carbons (Fsp3) is 0.853. The van der Waals surface area contributed by atoms with E-state index < -0.39 is 41.7 Å². The molecular weight excluding hydrogens is 590 g/mol. The number of nitrogens with zero attached hydrogens (tertiary/aromatic N) is 5. The first-order valence-electron chi connectivity index (χ1n) is 16.8. The van der Waals surface area contributed by atoms with E-state index in [9.17, 15) is 15.0 Å². The molecule has 262 valence electrons. The predicted octanol–water partition coefficient (Wildman–Crippen LogP) is 2.03. The standard InChI is InChI=1S/C34H59N5O7/c1-21-14-34(6,43-10)30(46-31-28(40)26(37(7)8)13-22(2)45-31)23(3)29(41)33(4,5)32(42)44-20-27(38(9)16-21)24-17-39(18-24)19-25-15-35-11-12-36-25/h11-12,15,21-24,26-28,30-32,40,42H,13-14,16-20H2,1-10H3/t21-,22-,23+,26+,27+,28-,30-,31+,32?,34-/m1/s1. The minimum absolute atomic E-state index is 0.0374. The van der Waals surface area contributed by atoms with Gasteiger partial charge in [0.05, 0.1) is 35.5 Å². The Morgan fingerprint density at radius 2 is 1.80 bits per heavy atom. The highest BCUT2D eigenvalue weighted by molar-refractivity contribution is 5.87. The van der Waals surface area contributed by atoms with Crippen molar-refractivity contribution in [3.8, 4) is 0 Å². The number of hydrogen-bond acceptors (Lipinski definition) is 12. The minimum Gasteiger partial charge on any atom is -0.386 e. The number of methoxy groups -OCH3 is 1. The van der Waals surface area contributed by atoms with Gasteiger partial charge < -0.3 is 39.0 Å². The van der Waals surface area contributed by atoms with E-state index in [2.05, 4.69) is 33.7 Å². The maximum absolute atomic E-state index is 14.3. The van der Waals surface area contributed by atoms with Crippen LogP contribution in [0.3, 0.4) is 0 Å². The largest absolute Gasteiger partial charge is 0.386 e. The molecule has 0 spiro atoms. The summed E-state index contributed by atoms with van der Waals surface area (Å²) in [5, 5.41) is 22.7. The summed E-state index contributed by atoms with van der Waals surface area (Å²) in [6, 6.07) is -0.127.